The zero-order valence-corrected chi connectivity index (χ0v) is 10.7. The van der Waals surface area contributed by atoms with Gasteiger partial charge in [0, 0.05) is 26.2 Å². The average Bonchev–Trinajstić information content (AvgIpc) is 3.12. The fraction of sp³-hybridized carbons (Fsp3) is 0.900. The molecule has 1 aliphatic heterocycles. The molecule has 1 N–H and O–H groups in total. The maximum atomic E-state index is 12.1. The molecule has 98 valence electrons. The highest BCUT2D eigenvalue weighted by molar-refractivity contribution is 7.86. The van der Waals surface area contributed by atoms with Crippen molar-refractivity contribution in [1.82, 2.24) is 8.61 Å². The van der Waals surface area contributed by atoms with E-state index in [4.69, 9.17) is 5.11 Å². The van der Waals surface area contributed by atoms with E-state index < -0.39 is 22.1 Å². The van der Waals surface area contributed by atoms with E-state index in [0.717, 1.165) is 12.8 Å². The average molecular weight is 262 g/mol. The lowest BCUT2D eigenvalue weighted by Gasteiger charge is -2.32. The third kappa shape index (κ3) is 2.61. The van der Waals surface area contributed by atoms with E-state index in [9.17, 15) is 13.2 Å². The Morgan fingerprint density at radius 3 is 2.18 bits per heavy atom. The molecule has 7 heteroatoms. The van der Waals surface area contributed by atoms with Crippen LogP contribution in [0.5, 0.6) is 0 Å². The Balaban J connectivity index is 1.97. The molecule has 0 amide bonds. The minimum atomic E-state index is -3.37. The van der Waals surface area contributed by atoms with Gasteiger partial charge >= 0.3 is 5.97 Å². The third-order valence-corrected chi connectivity index (χ3v) is 5.60. The van der Waals surface area contributed by atoms with E-state index in [2.05, 4.69) is 0 Å². The van der Waals surface area contributed by atoms with E-state index in [1.54, 1.807) is 7.05 Å². The maximum absolute atomic E-state index is 12.1. The van der Waals surface area contributed by atoms with Gasteiger partial charge in [0.05, 0.1) is 5.92 Å². The molecule has 6 nitrogen and oxygen atoms in total. The summed E-state index contributed by atoms with van der Waals surface area (Å²) >= 11 is 0. The van der Waals surface area contributed by atoms with Gasteiger partial charge in [0.25, 0.3) is 10.2 Å². The standard InChI is InChI=1S/C10H18N2O4S/c1-11(9-2-3-9)17(15,16)12-6-4-8(5-7-12)10(13)14/h8-9H,2-7H2,1H3,(H,13,14). The number of carboxylic acid groups (broad SMARTS) is 1. The van der Waals surface area contributed by atoms with Crippen molar-refractivity contribution in [1.29, 1.82) is 0 Å². The lowest BCUT2D eigenvalue weighted by Crippen LogP contribution is -2.47. The Hall–Kier alpha value is -0.660. The van der Waals surface area contributed by atoms with Crippen LogP contribution in [0.3, 0.4) is 0 Å². The Labute approximate surface area is 101 Å². The lowest BCUT2D eigenvalue weighted by molar-refractivity contribution is -0.142. The molecule has 2 rings (SSSR count). The van der Waals surface area contributed by atoms with Crippen molar-refractivity contribution < 1.29 is 18.3 Å². The van der Waals surface area contributed by atoms with Crippen LogP contribution in [0.25, 0.3) is 0 Å². The maximum Gasteiger partial charge on any atom is 0.306 e. The van der Waals surface area contributed by atoms with E-state index >= 15 is 0 Å². The highest BCUT2D eigenvalue weighted by Crippen LogP contribution is 2.30. The van der Waals surface area contributed by atoms with Crippen LogP contribution in [0, 0.1) is 5.92 Å². The van der Waals surface area contributed by atoms with Crippen LogP contribution in [0.15, 0.2) is 0 Å². The van der Waals surface area contributed by atoms with Crippen molar-refractivity contribution in [3.05, 3.63) is 0 Å². The van der Waals surface area contributed by atoms with Crippen molar-refractivity contribution in [2.75, 3.05) is 20.1 Å². The number of hydrogen-bond donors (Lipinski definition) is 1. The predicted octanol–water partition coefficient (Wildman–Crippen LogP) is 0.122. The van der Waals surface area contributed by atoms with Crippen LogP contribution in [0.2, 0.25) is 0 Å². The molecule has 1 heterocycles. The second-order valence-corrected chi connectivity index (χ2v) is 6.75. The number of rotatable bonds is 4. The van der Waals surface area contributed by atoms with E-state index in [1.165, 1.54) is 8.61 Å². The van der Waals surface area contributed by atoms with Gasteiger partial charge < -0.3 is 5.11 Å². The van der Waals surface area contributed by atoms with Gasteiger partial charge in [0.15, 0.2) is 0 Å². The van der Waals surface area contributed by atoms with Gasteiger partial charge in [-0.25, -0.2) is 0 Å². The first-order chi connectivity index (χ1) is 7.93. The quantitative estimate of drug-likeness (QED) is 0.780. The van der Waals surface area contributed by atoms with Gasteiger partial charge in [0.2, 0.25) is 0 Å². The van der Waals surface area contributed by atoms with Gasteiger partial charge in [-0.05, 0) is 25.7 Å². The summed E-state index contributed by atoms with van der Waals surface area (Å²) in [6.45, 7) is 0.632. The number of nitrogens with zero attached hydrogens (tertiary/aromatic N) is 2. The fourth-order valence-corrected chi connectivity index (χ4v) is 3.77. The number of carboxylic acids is 1. The Bertz CT molecular complexity index is 397. The SMILES string of the molecule is CN(C1CC1)S(=O)(=O)N1CCC(C(=O)O)CC1. The van der Waals surface area contributed by atoms with E-state index in [-0.39, 0.29) is 6.04 Å². The molecule has 1 saturated heterocycles. The summed E-state index contributed by atoms with van der Waals surface area (Å²) in [5.74, 6) is -1.22. The molecule has 2 fully saturated rings. The van der Waals surface area contributed by atoms with Gasteiger partial charge in [-0.15, -0.1) is 0 Å². The Kier molecular flexibility index (Phi) is 3.42. The Morgan fingerprint density at radius 2 is 1.76 bits per heavy atom. The highest BCUT2D eigenvalue weighted by atomic mass is 32.2. The van der Waals surface area contributed by atoms with Gasteiger partial charge in [0.1, 0.15) is 0 Å². The molecule has 2 aliphatic rings. The fourth-order valence-electron chi connectivity index (χ4n) is 2.14. The molecule has 0 radical (unpaired) electrons. The molecule has 0 aromatic carbocycles. The summed E-state index contributed by atoms with van der Waals surface area (Å²) in [6.07, 6.45) is 2.68. The first-order valence-electron chi connectivity index (χ1n) is 5.89. The molecule has 0 bridgehead atoms. The molecular formula is C10H18N2O4S. The monoisotopic (exact) mass is 262 g/mol. The van der Waals surface area contributed by atoms with Gasteiger partial charge in [-0.3, -0.25) is 4.79 Å². The second-order valence-electron chi connectivity index (χ2n) is 4.77. The van der Waals surface area contributed by atoms with Crippen LogP contribution in [-0.2, 0) is 15.0 Å². The Morgan fingerprint density at radius 1 is 1.24 bits per heavy atom. The van der Waals surface area contributed by atoms with Crippen molar-refractivity contribution >= 4 is 16.2 Å². The summed E-state index contributed by atoms with van der Waals surface area (Å²) in [5.41, 5.74) is 0. The summed E-state index contributed by atoms with van der Waals surface area (Å²) < 4.78 is 27.1. The molecule has 17 heavy (non-hydrogen) atoms. The largest absolute Gasteiger partial charge is 0.481 e. The van der Waals surface area contributed by atoms with Crippen LogP contribution < -0.4 is 0 Å². The summed E-state index contributed by atoms with van der Waals surface area (Å²) in [5, 5.41) is 8.86. The zero-order chi connectivity index (χ0) is 12.6. The number of piperidine rings is 1. The summed E-state index contributed by atoms with van der Waals surface area (Å²) in [7, 11) is -1.77. The molecule has 1 aliphatic carbocycles. The molecule has 1 saturated carbocycles. The van der Waals surface area contributed by atoms with Crippen molar-refractivity contribution in [3.8, 4) is 0 Å². The second kappa shape index (κ2) is 4.55. The normalized spacial score (nSPS) is 24.1. The first-order valence-corrected chi connectivity index (χ1v) is 7.28. The van der Waals surface area contributed by atoms with Crippen LogP contribution >= 0.6 is 0 Å². The summed E-state index contributed by atoms with van der Waals surface area (Å²) in [6, 6.07) is 0.150. The van der Waals surface area contributed by atoms with E-state index in [1.807, 2.05) is 0 Å². The molecule has 0 unspecified atom stereocenters. The van der Waals surface area contributed by atoms with Crippen molar-refractivity contribution in [2.45, 2.75) is 31.7 Å². The van der Waals surface area contributed by atoms with Crippen LogP contribution in [-0.4, -0.2) is 54.3 Å². The molecule has 0 aromatic rings. The van der Waals surface area contributed by atoms with Crippen LogP contribution in [0.1, 0.15) is 25.7 Å². The molecule has 0 spiro atoms. The topological polar surface area (TPSA) is 77.9 Å². The number of carbonyl (C=O) groups is 1. The lowest BCUT2D eigenvalue weighted by atomic mass is 9.99. The highest BCUT2D eigenvalue weighted by Gasteiger charge is 2.39. The van der Waals surface area contributed by atoms with Crippen molar-refractivity contribution in [2.24, 2.45) is 5.92 Å². The first kappa shape index (κ1) is 12.8. The van der Waals surface area contributed by atoms with Crippen LogP contribution in [0.4, 0.5) is 0 Å². The smallest absolute Gasteiger partial charge is 0.306 e. The predicted molar refractivity (Wildman–Crippen MR) is 61.6 cm³/mol. The van der Waals surface area contributed by atoms with E-state index in [0.29, 0.717) is 25.9 Å². The van der Waals surface area contributed by atoms with Gasteiger partial charge in [-0.1, -0.05) is 0 Å². The van der Waals surface area contributed by atoms with Gasteiger partial charge in [-0.2, -0.15) is 17.0 Å². The molecular weight excluding hydrogens is 244 g/mol. The van der Waals surface area contributed by atoms with Crippen molar-refractivity contribution in [3.63, 3.8) is 0 Å². The number of hydrogen-bond acceptors (Lipinski definition) is 3. The summed E-state index contributed by atoms with van der Waals surface area (Å²) in [4.78, 5) is 10.8. The molecule has 0 atom stereocenters. The minimum absolute atomic E-state index is 0.150. The minimum Gasteiger partial charge on any atom is -0.481 e. The zero-order valence-electron chi connectivity index (χ0n) is 9.87. The molecule has 0 aromatic heterocycles. The third-order valence-electron chi connectivity index (χ3n) is 3.55. The number of aliphatic carboxylic acids is 1.